The fourth-order valence-electron chi connectivity index (χ4n) is 2.25. The summed E-state index contributed by atoms with van der Waals surface area (Å²) in [7, 11) is 2.73. The first-order valence-corrected chi connectivity index (χ1v) is 7.71. The third kappa shape index (κ3) is 5.44. The lowest BCUT2D eigenvalue weighted by atomic mass is 10.1. The Kier molecular flexibility index (Phi) is 6.91. The van der Waals surface area contributed by atoms with E-state index >= 15 is 0 Å². The zero-order valence-corrected chi connectivity index (χ0v) is 14.4. The molecule has 0 atom stereocenters. The van der Waals surface area contributed by atoms with E-state index in [9.17, 15) is 13.6 Å². The minimum Gasteiger partial charge on any atom is -0.496 e. The molecule has 0 radical (unpaired) electrons. The fourth-order valence-corrected chi connectivity index (χ4v) is 2.25. The number of ether oxygens (including phenoxy) is 3. The number of methoxy groups -OCH3 is 2. The van der Waals surface area contributed by atoms with Crippen molar-refractivity contribution in [3.8, 4) is 5.75 Å². The second kappa shape index (κ2) is 9.36. The van der Waals surface area contributed by atoms with Crippen molar-refractivity contribution >= 4 is 17.8 Å². The Morgan fingerprint density at radius 1 is 1.04 bits per heavy atom. The molecule has 0 spiro atoms. The summed E-state index contributed by atoms with van der Waals surface area (Å²) in [6.45, 7) is 0.168. The summed E-state index contributed by atoms with van der Waals surface area (Å²) < 4.78 is 40.5. The number of halogens is 2. The second-order valence-corrected chi connectivity index (χ2v) is 5.20. The average Bonchev–Trinajstić information content (AvgIpc) is 2.65. The molecule has 0 saturated heterocycles. The van der Waals surface area contributed by atoms with Crippen LogP contribution in [0.15, 0.2) is 60.7 Å². The van der Waals surface area contributed by atoms with Gasteiger partial charge in [-0.2, -0.15) is 8.78 Å². The van der Waals surface area contributed by atoms with Crippen molar-refractivity contribution in [3.05, 3.63) is 77.4 Å². The number of carbonyl (C=O) groups is 1. The molecule has 136 valence electrons. The van der Waals surface area contributed by atoms with Crippen LogP contribution in [0.25, 0.3) is 11.8 Å². The van der Waals surface area contributed by atoms with Gasteiger partial charge in [-0.1, -0.05) is 36.4 Å². The average molecular weight is 360 g/mol. The molecular formula is C20H18F2O4. The molecule has 0 fully saturated rings. The van der Waals surface area contributed by atoms with Crippen LogP contribution in [0, 0.1) is 0 Å². The van der Waals surface area contributed by atoms with E-state index in [-0.39, 0.29) is 6.61 Å². The summed E-state index contributed by atoms with van der Waals surface area (Å²) in [6, 6.07) is 13.7. The zero-order chi connectivity index (χ0) is 18.9. The monoisotopic (exact) mass is 360 g/mol. The van der Waals surface area contributed by atoms with Crippen LogP contribution in [-0.4, -0.2) is 20.2 Å². The Morgan fingerprint density at radius 3 is 2.50 bits per heavy atom. The van der Waals surface area contributed by atoms with E-state index in [1.54, 1.807) is 42.5 Å². The molecule has 0 amide bonds. The first-order valence-electron chi connectivity index (χ1n) is 7.71. The molecule has 0 heterocycles. The molecule has 2 aromatic carbocycles. The summed E-state index contributed by atoms with van der Waals surface area (Å²) in [5.41, 5.74) is 1.75. The number of rotatable bonds is 7. The van der Waals surface area contributed by atoms with E-state index in [4.69, 9.17) is 9.47 Å². The summed E-state index contributed by atoms with van der Waals surface area (Å²) in [4.78, 5) is 11.4. The molecule has 0 saturated carbocycles. The zero-order valence-electron chi connectivity index (χ0n) is 14.4. The molecule has 0 aliphatic rings. The van der Waals surface area contributed by atoms with Crippen LogP contribution in [0.3, 0.4) is 0 Å². The van der Waals surface area contributed by atoms with E-state index in [0.29, 0.717) is 22.6 Å². The normalized spacial score (nSPS) is 10.8. The summed E-state index contributed by atoms with van der Waals surface area (Å²) in [5, 5.41) is 0. The van der Waals surface area contributed by atoms with E-state index in [2.05, 4.69) is 4.74 Å². The summed E-state index contributed by atoms with van der Waals surface area (Å²) in [6.07, 6.45) is 0.207. The molecule has 4 nitrogen and oxygen atoms in total. The van der Waals surface area contributed by atoms with E-state index in [0.717, 1.165) is 11.6 Å². The highest BCUT2D eigenvalue weighted by Gasteiger charge is 2.08. The molecule has 2 aromatic rings. The van der Waals surface area contributed by atoms with Crippen molar-refractivity contribution in [2.75, 3.05) is 14.2 Å². The van der Waals surface area contributed by atoms with Crippen molar-refractivity contribution in [3.63, 3.8) is 0 Å². The van der Waals surface area contributed by atoms with Gasteiger partial charge < -0.3 is 14.2 Å². The van der Waals surface area contributed by atoms with Gasteiger partial charge in [-0.15, -0.1) is 0 Å². The SMILES string of the molecule is COC(=O)/C=C(/OC)c1cccc(COc2ccccc2C=C(F)F)c1. The Bertz CT molecular complexity index is 824. The minimum atomic E-state index is -1.79. The first-order chi connectivity index (χ1) is 12.5. The smallest absolute Gasteiger partial charge is 0.334 e. The molecule has 0 aliphatic heterocycles. The topological polar surface area (TPSA) is 44.8 Å². The van der Waals surface area contributed by atoms with Crippen LogP contribution in [0.4, 0.5) is 8.78 Å². The Hall–Kier alpha value is -3.15. The minimum absolute atomic E-state index is 0.168. The highest BCUT2D eigenvalue weighted by Crippen LogP contribution is 2.23. The van der Waals surface area contributed by atoms with Crippen LogP contribution in [0.1, 0.15) is 16.7 Å². The lowest BCUT2D eigenvalue weighted by Gasteiger charge is -2.11. The van der Waals surface area contributed by atoms with Crippen molar-refractivity contribution in [1.82, 2.24) is 0 Å². The predicted octanol–water partition coefficient (Wildman–Crippen LogP) is 4.66. The Balaban J connectivity index is 2.19. The standard InChI is InChI=1S/C20H18F2O4/c1-24-18(12-20(23)25-2)15-8-5-6-14(10-15)13-26-17-9-4-3-7-16(17)11-19(21)22/h3-12H,13H2,1-2H3/b18-12+. The van der Waals surface area contributed by atoms with E-state index < -0.39 is 12.0 Å². The molecule has 0 N–H and O–H groups in total. The van der Waals surface area contributed by atoms with Crippen molar-refractivity contribution in [2.24, 2.45) is 0 Å². The van der Waals surface area contributed by atoms with Gasteiger partial charge in [-0.25, -0.2) is 4.79 Å². The molecule has 0 bridgehead atoms. The maximum atomic E-state index is 12.5. The van der Waals surface area contributed by atoms with Crippen LogP contribution in [0.5, 0.6) is 5.75 Å². The van der Waals surface area contributed by atoms with Gasteiger partial charge in [0.25, 0.3) is 6.08 Å². The molecule has 0 aliphatic carbocycles. The lowest BCUT2D eigenvalue weighted by molar-refractivity contribution is -0.134. The fraction of sp³-hybridized carbons (Fsp3) is 0.150. The Labute approximate surface area is 150 Å². The van der Waals surface area contributed by atoms with Gasteiger partial charge >= 0.3 is 5.97 Å². The number of hydrogen-bond donors (Lipinski definition) is 0. The highest BCUT2D eigenvalue weighted by molar-refractivity contribution is 5.89. The quantitative estimate of drug-likeness (QED) is 0.409. The second-order valence-electron chi connectivity index (χ2n) is 5.20. The number of hydrogen-bond acceptors (Lipinski definition) is 4. The van der Waals surface area contributed by atoms with Gasteiger partial charge in [-0.05, 0) is 17.7 Å². The number of benzene rings is 2. The van der Waals surface area contributed by atoms with Crippen molar-refractivity contribution in [2.45, 2.75) is 6.61 Å². The third-order valence-corrected chi connectivity index (χ3v) is 3.46. The van der Waals surface area contributed by atoms with Crippen molar-refractivity contribution in [1.29, 1.82) is 0 Å². The molecule has 6 heteroatoms. The van der Waals surface area contributed by atoms with E-state index in [1.165, 1.54) is 20.3 Å². The Morgan fingerprint density at radius 2 is 1.81 bits per heavy atom. The van der Waals surface area contributed by atoms with Gasteiger partial charge in [0.15, 0.2) is 0 Å². The van der Waals surface area contributed by atoms with Gasteiger partial charge in [0.2, 0.25) is 0 Å². The van der Waals surface area contributed by atoms with E-state index in [1.807, 2.05) is 6.07 Å². The maximum Gasteiger partial charge on any atom is 0.334 e. The maximum absolute atomic E-state index is 12.5. The molecule has 0 aromatic heterocycles. The largest absolute Gasteiger partial charge is 0.496 e. The number of esters is 1. The third-order valence-electron chi connectivity index (χ3n) is 3.46. The van der Waals surface area contributed by atoms with Crippen LogP contribution in [-0.2, 0) is 20.9 Å². The van der Waals surface area contributed by atoms with Crippen LogP contribution in [0.2, 0.25) is 0 Å². The predicted molar refractivity (Wildman–Crippen MR) is 94.4 cm³/mol. The number of para-hydroxylation sites is 1. The molecule has 26 heavy (non-hydrogen) atoms. The lowest BCUT2D eigenvalue weighted by Crippen LogP contribution is -2.00. The molecule has 0 unspecified atom stereocenters. The van der Waals surface area contributed by atoms with Gasteiger partial charge in [0.05, 0.1) is 20.3 Å². The van der Waals surface area contributed by atoms with Gasteiger partial charge in [0.1, 0.15) is 18.1 Å². The first kappa shape index (κ1) is 19.2. The number of carbonyl (C=O) groups excluding carboxylic acids is 1. The highest BCUT2D eigenvalue weighted by atomic mass is 19.3. The molecule has 2 rings (SSSR count). The van der Waals surface area contributed by atoms with Crippen molar-refractivity contribution < 1.29 is 27.8 Å². The van der Waals surface area contributed by atoms with Crippen LogP contribution < -0.4 is 4.74 Å². The summed E-state index contributed by atoms with van der Waals surface area (Å²) >= 11 is 0. The van der Waals surface area contributed by atoms with Gasteiger partial charge in [0, 0.05) is 17.2 Å². The molecular weight excluding hydrogens is 342 g/mol. The van der Waals surface area contributed by atoms with Crippen LogP contribution >= 0.6 is 0 Å². The van der Waals surface area contributed by atoms with Gasteiger partial charge in [-0.3, -0.25) is 0 Å². The summed E-state index contributed by atoms with van der Waals surface area (Å²) in [5.74, 6) is 0.168.